The number of nitrogens with zero attached hydrogens (tertiary/aromatic N) is 3. The Labute approximate surface area is 96.0 Å². The molecule has 1 aromatic heterocycles. The van der Waals surface area contributed by atoms with Gasteiger partial charge in [0.15, 0.2) is 0 Å². The highest BCUT2D eigenvalue weighted by Gasteiger charge is 2.18. The van der Waals surface area contributed by atoms with Crippen molar-refractivity contribution in [3.05, 3.63) is 23.8 Å². The molecule has 1 aromatic rings. The maximum atomic E-state index is 5.97. The van der Waals surface area contributed by atoms with E-state index >= 15 is 0 Å². The third kappa shape index (κ3) is 2.78. The van der Waals surface area contributed by atoms with Crippen LogP contribution < -0.4 is 5.73 Å². The molecule has 86 valence electrons. The Hall–Kier alpha value is -1.45. The SMILES string of the molecule is Cc1nccc(CN=C(N)C2CCCC2)n1. The van der Waals surface area contributed by atoms with Gasteiger partial charge in [0, 0.05) is 12.1 Å². The molecule has 1 aliphatic carbocycles. The fraction of sp³-hybridized carbons (Fsp3) is 0.583. The molecule has 0 amide bonds. The van der Waals surface area contributed by atoms with Crippen LogP contribution in [0.5, 0.6) is 0 Å². The van der Waals surface area contributed by atoms with Gasteiger partial charge >= 0.3 is 0 Å². The Balaban J connectivity index is 1.97. The van der Waals surface area contributed by atoms with Crippen LogP contribution in [0.4, 0.5) is 0 Å². The van der Waals surface area contributed by atoms with Gasteiger partial charge < -0.3 is 5.73 Å². The predicted octanol–water partition coefficient (Wildman–Crippen LogP) is 1.83. The molecule has 2 rings (SSSR count). The molecule has 0 aliphatic heterocycles. The van der Waals surface area contributed by atoms with Crippen molar-refractivity contribution in [1.82, 2.24) is 9.97 Å². The monoisotopic (exact) mass is 218 g/mol. The van der Waals surface area contributed by atoms with Crippen LogP contribution in [0.25, 0.3) is 0 Å². The summed E-state index contributed by atoms with van der Waals surface area (Å²) in [5.41, 5.74) is 6.91. The third-order valence-electron chi connectivity index (χ3n) is 3.03. The molecule has 4 nitrogen and oxygen atoms in total. The summed E-state index contributed by atoms with van der Waals surface area (Å²) in [6.45, 7) is 2.46. The first-order valence-electron chi connectivity index (χ1n) is 5.84. The van der Waals surface area contributed by atoms with Crippen LogP contribution in [0.15, 0.2) is 17.3 Å². The lowest BCUT2D eigenvalue weighted by Gasteiger charge is -2.07. The van der Waals surface area contributed by atoms with Crippen LogP contribution in [0.1, 0.15) is 37.2 Å². The smallest absolute Gasteiger partial charge is 0.125 e. The van der Waals surface area contributed by atoms with Crippen molar-refractivity contribution < 1.29 is 0 Å². The molecule has 0 radical (unpaired) electrons. The highest BCUT2D eigenvalue weighted by atomic mass is 14.9. The van der Waals surface area contributed by atoms with Gasteiger partial charge in [0.1, 0.15) is 5.82 Å². The van der Waals surface area contributed by atoms with Crippen molar-refractivity contribution in [2.24, 2.45) is 16.6 Å². The van der Waals surface area contributed by atoms with Gasteiger partial charge in [0.2, 0.25) is 0 Å². The molecule has 0 saturated heterocycles. The molecule has 16 heavy (non-hydrogen) atoms. The predicted molar refractivity (Wildman–Crippen MR) is 64.1 cm³/mol. The zero-order valence-electron chi connectivity index (χ0n) is 9.69. The fourth-order valence-electron chi connectivity index (χ4n) is 2.12. The number of rotatable bonds is 3. The molecule has 1 saturated carbocycles. The Morgan fingerprint density at radius 3 is 2.94 bits per heavy atom. The topological polar surface area (TPSA) is 64.2 Å². The lowest BCUT2D eigenvalue weighted by atomic mass is 10.1. The number of amidine groups is 1. The van der Waals surface area contributed by atoms with E-state index in [1.807, 2.05) is 13.0 Å². The quantitative estimate of drug-likeness (QED) is 0.622. The van der Waals surface area contributed by atoms with Gasteiger partial charge in [-0.25, -0.2) is 9.97 Å². The first-order chi connectivity index (χ1) is 7.75. The zero-order valence-corrected chi connectivity index (χ0v) is 9.69. The first-order valence-corrected chi connectivity index (χ1v) is 5.84. The Morgan fingerprint density at radius 1 is 1.50 bits per heavy atom. The lowest BCUT2D eigenvalue weighted by Crippen LogP contribution is -2.21. The molecule has 0 aromatic carbocycles. The van der Waals surface area contributed by atoms with E-state index in [1.54, 1.807) is 6.20 Å². The van der Waals surface area contributed by atoms with Crippen molar-refractivity contribution in [3.63, 3.8) is 0 Å². The third-order valence-corrected chi connectivity index (χ3v) is 3.03. The Kier molecular flexibility index (Phi) is 3.49. The van der Waals surface area contributed by atoms with E-state index in [0.29, 0.717) is 12.5 Å². The number of aliphatic imine (C=N–C) groups is 1. The molecule has 1 fully saturated rings. The summed E-state index contributed by atoms with van der Waals surface area (Å²) < 4.78 is 0. The summed E-state index contributed by atoms with van der Waals surface area (Å²) in [4.78, 5) is 12.8. The van der Waals surface area contributed by atoms with Crippen LogP contribution in [0.3, 0.4) is 0 Å². The fourth-order valence-corrected chi connectivity index (χ4v) is 2.12. The molecule has 1 aliphatic rings. The minimum Gasteiger partial charge on any atom is -0.387 e. The zero-order chi connectivity index (χ0) is 11.4. The number of nitrogens with two attached hydrogens (primary N) is 1. The van der Waals surface area contributed by atoms with Crippen LogP contribution >= 0.6 is 0 Å². The normalized spacial score (nSPS) is 17.9. The Bertz CT molecular complexity index is 380. The maximum absolute atomic E-state index is 5.97. The van der Waals surface area contributed by atoms with Gasteiger partial charge in [0.25, 0.3) is 0 Å². The largest absolute Gasteiger partial charge is 0.387 e. The second-order valence-electron chi connectivity index (χ2n) is 4.32. The minimum absolute atomic E-state index is 0.503. The van der Waals surface area contributed by atoms with E-state index in [9.17, 15) is 0 Å². The van der Waals surface area contributed by atoms with Crippen molar-refractivity contribution in [2.75, 3.05) is 0 Å². The van der Waals surface area contributed by atoms with E-state index < -0.39 is 0 Å². The summed E-state index contributed by atoms with van der Waals surface area (Å²) in [6.07, 6.45) is 6.72. The molecule has 0 atom stereocenters. The van der Waals surface area contributed by atoms with E-state index in [2.05, 4.69) is 15.0 Å². The average molecular weight is 218 g/mol. The van der Waals surface area contributed by atoms with Crippen LogP contribution in [0.2, 0.25) is 0 Å². The van der Waals surface area contributed by atoms with E-state index in [-0.39, 0.29) is 0 Å². The Morgan fingerprint density at radius 2 is 2.25 bits per heavy atom. The molecule has 2 N–H and O–H groups in total. The molecule has 0 bridgehead atoms. The van der Waals surface area contributed by atoms with Gasteiger partial charge in [-0.1, -0.05) is 12.8 Å². The number of hydrogen-bond donors (Lipinski definition) is 1. The van der Waals surface area contributed by atoms with E-state index in [1.165, 1.54) is 25.7 Å². The molecular formula is C12H18N4. The van der Waals surface area contributed by atoms with Crippen LogP contribution in [-0.2, 0) is 6.54 Å². The number of aryl methyl sites for hydroxylation is 1. The summed E-state index contributed by atoms with van der Waals surface area (Å²) in [7, 11) is 0. The van der Waals surface area contributed by atoms with Crippen molar-refractivity contribution >= 4 is 5.84 Å². The van der Waals surface area contributed by atoms with Crippen molar-refractivity contribution in [2.45, 2.75) is 39.2 Å². The maximum Gasteiger partial charge on any atom is 0.125 e. The minimum atomic E-state index is 0.503. The lowest BCUT2D eigenvalue weighted by molar-refractivity contribution is 0.714. The second kappa shape index (κ2) is 5.05. The molecule has 1 heterocycles. The molecule has 4 heteroatoms. The van der Waals surface area contributed by atoms with Gasteiger partial charge in [-0.15, -0.1) is 0 Å². The summed E-state index contributed by atoms with van der Waals surface area (Å²) in [5, 5.41) is 0. The van der Waals surface area contributed by atoms with Gasteiger partial charge in [0.05, 0.1) is 18.1 Å². The average Bonchev–Trinajstić information content (AvgIpc) is 2.79. The molecule has 0 unspecified atom stereocenters. The van der Waals surface area contributed by atoms with E-state index in [4.69, 9.17) is 5.73 Å². The molecule has 0 spiro atoms. The van der Waals surface area contributed by atoms with Crippen LogP contribution in [0, 0.1) is 12.8 Å². The standard InChI is InChI=1S/C12H18N4/c1-9-14-7-6-11(16-9)8-15-12(13)10-4-2-3-5-10/h6-7,10H,2-5,8H2,1H3,(H2,13,15). The highest BCUT2D eigenvalue weighted by Crippen LogP contribution is 2.24. The van der Waals surface area contributed by atoms with Crippen molar-refractivity contribution in [1.29, 1.82) is 0 Å². The van der Waals surface area contributed by atoms with Crippen molar-refractivity contribution in [3.8, 4) is 0 Å². The highest BCUT2D eigenvalue weighted by molar-refractivity contribution is 5.83. The van der Waals surface area contributed by atoms with Gasteiger partial charge in [-0.05, 0) is 25.8 Å². The van der Waals surface area contributed by atoms with Crippen LogP contribution in [-0.4, -0.2) is 15.8 Å². The van der Waals surface area contributed by atoms with Gasteiger partial charge in [-0.2, -0.15) is 0 Å². The van der Waals surface area contributed by atoms with E-state index in [0.717, 1.165) is 17.4 Å². The summed E-state index contributed by atoms with van der Waals surface area (Å²) in [5.74, 6) is 2.09. The first kappa shape index (κ1) is 11.0. The summed E-state index contributed by atoms with van der Waals surface area (Å²) in [6, 6.07) is 1.89. The number of hydrogen-bond acceptors (Lipinski definition) is 3. The number of aromatic nitrogens is 2. The molecular weight excluding hydrogens is 200 g/mol. The van der Waals surface area contributed by atoms with Gasteiger partial charge in [-0.3, -0.25) is 4.99 Å². The summed E-state index contributed by atoms with van der Waals surface area (Å²) >= 11 is 0. The second-order valence-corrected chi connectivity index (χ2v) is 4.32.